The number of hydrogen-bond acceptors (Lipinski definition) is 3. The number of anilines is 1. The number of hydrogen-bond donors (Lipinski definition) is 1. The van der Waals surface area contributed by atoms with Gasteiger partial charge in [-0.25, -0.2) is 0 Å². The van der Waals surface area contributed by atoms with Gasteiger partial charge in [-0.3, -0.25) is 9.59 Å². The van der Waals surface area contributed by atoms with Crippen LogP contribution in [0.3, 0.4) is 0 Å². The molecular weight excluding hydrogens is 390 g/mol. The third-order valence-corrected chi connectivity index (χ3v) is 4.36. The summed E-state index contributed by atoms with van der Waals surface area (Å²) in [6, 6.07) is 21.5. The van der Waals surface area contributed by atoms with Crippen molar-refractivity contribution in [2.24, 2.45) is 0 Å². The Labute approximate surface area is 172 Å². The number of nitrogens with one attached hydrogen (secondary N) is 1. The predicted octanol–water partition coefficient (Wildman–Crippen LogP) is 4.81. The second-order valence-electron chi connectivity index (χ2n) is 6.55. The molecule has 0 spiro atoms. The van der Waals surface area contributed by atoms with E-state index in [2.05, 4.69) is 10.1 Å². The van der Waals surface area contributed by atoms with Crippen LogP contribution in [-0.4, -0.2) is 30.4 Å². The van der Waals surface area contributed by atoms with Crippen LogP contribution >= 0.6 is 0 Å². The zero-order valence-corrected chi connectivity index (χ0v) is 16.2. The van der Waals surface area contributed by atoms with Gasteiger partial charge in [0.25, 0.3) is 11.8 Å². The van der Waals surface area contributed by atoms with Crippen LogP contribution in [-0.2, 0) is 6.54 Å². The minimum absolute atomic E-state index is 0.0525. The Morgan fingerprint density at radius 3 is 2.23 bits per heavy atom. The molecule has 0 fully saturated rings. The topological polar surface area (TPSA) is 58.6 Å². The zero-order chi connectivity index (χ0) is 21.5. The summed E-state index contributed by atoms with van der Waals surface area (Å²) in [6.45, 7) is -2.63. The molecule has 0 saturated carbocycles. The number of nitrogens with zero attached hydrogens (tertiary/aromatic N) is 1. The maximum Gasteiger partial charge on any atom is 0.387 e. The summed E-state index contributed by atoms with van der Waals surface area (Å²) < 4.78 is 28.8. The van der Waals surface area contributed by atoms with E-state index < -0.39 is 6.61 Å². The molecule has 1 N–H and O–H groups in total. The Bertz CT molecular complexity index is 1010. The lowest BCUT2D eigenvalue weighted by molar-refractivity contribution is -0.0498. The molecule has 154 valence electrons. The molecule has 3 aromatic rings. The molecule has 3 rings (SSSR count). The SMILES string of the molecule is CN(Cc1ccc(OC(F)F)cc1)C(=O)c1ccccc1NC(=O)c1ccccc1. The monoisotopic (exact) mass is 410 g/mol. The molecule has 7 heteroatoms. The van der Waals surface area contributed by atoms with Crippen molar-refractivity contribution in [3.05, 3.63) is 95.6 Å². The lowest BCUT2D eigenvalue weighted by Crippen LogP contribution is -2.27. The number of carbonyl (C=O) groups is 2. The van der Waals surface area contributed by atoms with Crippen molar-refractivity contribution in [3.8, 4) is 5.75 Å². The van der Waals surface area contributed by atoms with Gasteiger partial charge in [0.05, 0.1) is 11.3 Å². The Hall–Kier alpha value is -3.74. The van der Waals surface area contributed by atoms with Gasteiger partial charge in [0.15, 0.2) is 0 Å². The summed E-state index contributed by atoms with van der Waals surface area (Å²) in [5, 5.41) is 2.78. The fourth-order valence-corrected chi connectivity index (χ4v) is 2.89. The van der Waals surface area contributed by atoms with Gasteiger partial charge in [0, 0.05) is 19.2 Å². The van der Waals surface area contributed by atoms with Gasteiger partial charge in [0.2, 0.25) is 0 Å². The van der Waals surface area contributed by atoms with E-state index in [9.17, 15) is 18.4 Å². The van der Waals surface area contributed by atoms with E-state index in [1.165, 1.54) is 17.0 Å². The number of alkyl halides is 2. The number of halogens is 2. The normalized spacial score (nSPS) is 10.5. The van der Waals surface area contributed by atoms with Crippen molar-refractivity contribution < 1.29 is 23.1 Å². The summed E-state index contributed by atoms with van der Waals surface area (Å²) in [5.41, 5.74) is 1.99. The molecule has 30 heavy (non-hydrogen) atoms. The molecular formula is C23H20F2N2O3. The molecule has 0 radical (unpaired) electrons. The smallest absolute Gasteiger partial charge is 0.387 e. The first kappa shape index (κ1) is 21.0. The van der Waals surface area contributed by atoms with Crippen LogP contribution in [0, 0.1) is 0 Å². The average molecular weight is 410 g/mol. The first-order valence-corrected chi connectivity index (χ1v) is 9.18. The van der Waals surface area contributed by atoms with Crippen molar-refractivity contribution in [3.63, 3.8) is 0 Å². The largest absolute Gasteiger partial charge is 0.435 e. The number of benzene rings is 3. The second-order valence-corrected chi connectivity index (χ2v) is 6.55. The highest BCUT2D eigenvalue weighted by Gasteiger charge is 2.18. The third-order valence-electron chi connectivity index (χ3n) is 4.36. The summed E-state index contributed by atoms with van der Waals surface area (Å²) in [7, 11) is 1.63. The van der Waals surface area contributed by atoms with E-state index in [-0.39, 0.29) is 24.1 Å². The molecule has 0 aromatic heterocycles. The molecule has 0 aliphatic carbocycles. The molecule has 2 amide bonds. The van der Waals surface area contributed by atoms with Gasteiger partial charge in [0.1, 0.15) is 5.75 Å². The molecule has 0 aliphatic rings. The van der Waals surface area contributed by atoms with E-state index in [1.54, 1.807) is 67.7 Å². The molecule has 0 bridgehead atoms. The van der Waals surface area contributed by atoms with E-state index in [1.807, 2.05) is 6.07 Å². The third kappa shape index (κ3) is 5.41. The van der Waals surface area contributed by atoms with Crippen LogP contribution in [0.2, 0.25) is 0 Å². The van der Waals surface area contributed by atoms with Crippen molar-refractivity contribution >= 4 is 17.5 Å². The van der Waals surface area contributed by atoms with Gasteiger partial charge in [-0.15, -0.1) is 0 Å². The summed E-state index contributed by atoms with van der Waals surface area (Å²) >= 11 is 0. The maximum atomic E-state index is 13.0. The van der Waals surface area contributed by atoms with E-state index in [0.717, 1.165) is 5.56 Å². The number of ether oxygens (including phenoxy) is 1. The van der Waals surface area contributed by atoms with Crippen LogP contribution in [0.5, 0.6) is 5.75 Å². The second kappa shape index (κ2) is 9.65. The number of carbonyl (C=O) groups excluding carboxylic acids is 2. The highest BCUT2D eigenvalue weighted by Crippen LogP contribution is 2.20. The quantitative estimate of drug-likeness (QED) is 0.608. The number of amides is 2. The Morgan fingerprint density at radius 1 is 0.933 bits per heavy atom. The minimum Gasteiger partial charge on any atom is -0.435 e. The van der Waals surface area contributed by atoms with Crippen molar-refractivity contribution in [2.45, 2.75) is 13.2 Å². The van der Waals surface area contributed by atoms with E-state index >= 15 is 0 Å². The number of para-hydroxylation sites is 1. The summed E-state index contributed by atoms with van der Waals surface area (Å²) in [5.74, 6) is -0.545. The van der Waals surface area contributed by atoms with Gasteiger partial charge < -0.3 is 15.0 Å². The van der Waals surface area contributed by atoms with Crippen LogP contribution in [0.4, 0.5) is 14.5 Å². The molecule has 0 unspecified atom stereocenters. The first-order chi connectivity index (χ1) is 14.4. The number of rotatable bonds is 7. The first-order valence-electron chi connectivity index (χ1n) is 9.18. The summed E-state index contributed by atoms with van der Waals surface area (Å²) in [6.07, 6.45) is 0. The van der Waals surface area contributed by atoms with Gasteiger partial charge >= 0.3 is 6.61 Å². The molecule has 0 atom stereocenters. The highest BCUT2D eigenvalue weighted by molar-refractivity contribution is 6.08. The lowest BCUT2D eigenvalue weighted by atomic mass is 10.1. The lowest BCUT2D eigenvalue weighted by Gasteiger charge is -2.19. The van der Waals surface area contributed by atoms with Crippen molar-refractivity contribution in [1.82, 2.24) is 4.90 Å². The van der Waals surface area contributed by atoms with E-state index in [0.29, 0.717) is 16.8 Å². The predicted molar refractivity (Wildman–Crippen MR) is 110 cm³/mol. The fourth-order valence-electron chi connectivity index (χ4n) is 2.89. The van der Waals surface area contributed by atoms with Gasteiger partial charge in [-0.2, -0.15) is 8.78 Å². The molecule has 0 saturated heterocycles. The fraction of sp³-hybridized carbons (Fsp3) is 0.130. The molecule has 3 aromatic carbocycles. The minimum atomic E-state index is -2.89. The van der Waals surface area contributed by atoms with Gasteiger partial charge in [-0.05, 0) is 42.0 Å². The maximum absolute atomic E-state index is 13.0. The molecule has 0 heterocycles. The van der Waals surface area contributed by atoms with Crippen molar-refractivity contribution in [1.29, 1.82) is 0 Å². The van der Waals surface area contributed by atoms with E-state index in [4.69, 9.17) is 0 Å². The molecule has 0 aliphatic heterocycles. The Kier molecular flexibility index (Phi) is 6.75. The Morgan fingerprint density at radius 2 is 1.57 bits per heavy atom. The van der Waals surface area contributed by atoms with Crippen molar-refractivity contribution in [2.75, 3.05) is 12.4 Å². The Balaban J connectivity index is 1.71. The standard InChI is InChI=1S/C23H20F2N2O3/c1-27(15-16-11-13-18(14-12-16)30-23(24)25)22(29)19-9-5-6-10-20(19)26-21(28)17-7-3-2-4-8-17/h2-14,23H,15H2,1H3,(H,26,28). The van der Waals surface area contributed by atoms with Crippen LogP contribution < -0.4 is 10.1 Å². The van der Waals surface area contributed by atoms with Crippen LogP contribution in [0.1, 0.15) is 26.3 Å². The van der Waals surface area contributed by atoms with Crippen LogP contribution in [0.15, 0.2) is 78.9 Å². The zero-order valence-electron chi connectivity index (χ0n) is 16.2. The van der Waals surface area contributed by atoms with Crippen LogP contribution in [0.25, 0.3) is 0 Å². The summed E-state index contributed by atoms with van der Waals surface area (Å²) in [4.78, 5) is 26.9. The van der Waals surface area contributed by atoms with Gasteiger partial charge in [-0.1, -0.05) is 42.5 Å². The average Bonchev–Trinajstić information content (AvgIpc) is 2.75. The molecule has 5 nitrogen and oxygen atoms in total. The highest BCUT2D eigenvalue weighted by atomic mass is 19.3.